The lowest BCUT2D eigenvalue weighted by Gasteiger charge is -2.08. The van der Waals surface area contributed by atoms with Crippen LogP contribution in [0.1, 0.15) is 10.5 Å². The van der Waals surface area contributed by atoms with Crippen LogP contribution in [0.3, 0.4) is 0 Å². The number of rotatable bonds is 4. The first-order valence-electron chi connectivity index (χ1n) is 7.02. The molecule has 5 nitrogen and oxygen atoms in total. The molecule has 0 radical (unpaired) electrons. The molecule has 0 unspecified atom stereocenters. The van der Waals surface area contributed by atoms with E-state index in [2.05, 4.69) is 20.6 Å². The zero-order valence-corrected chi connectivity index (χ0v) is 13.1. The lowest BCUT2D eigenvalue weighted by molar-refractivity contribution is 0.102. The van der Waals surface area contributed by atoms with Crippen molar-refractivity contribution in [2.45, 2.75) is 0 Å². The molecule has 0 bridgehead atoms. The van der Waals surface area contributed by atoms with Crippen LogP contribution in [0.25, 0.3) is 0 Å². The van der Waals surface area contributed by atoms with Gasteiger partial charge in [-0.1, -0.05) is 29.8 Å². The van der Waals surface area contributed by atoms with Crippen LogP contribution in [0, 0.1) is 5.82 Å². The normalized spacial score (nSPS) is 10.2. The maximum Gasteiger partial charge on any atom is 0.274 e. The van der Waals surface area contributed by atoms with Gasteiger partial charge in [0.25, 0.3) is 5.91 Å². The summed E-state index contributed by atoms with van der Waals surface area (Å²) in [6.07, 6.45) is 1.23. The fourth-order valence-electron chi connectivity index (χ4n) is 2.01. The molecule has 0 saturated carbocycles. The number of hydrogen-bond acceptors (Lipinski definition) is 4. The largest absolute Gasteiger partial charge is 0.338 e. The van der Waals surface area contributed by atoms with E-state index in [-0.39, 0.29) is 11.4 Å². The summed E-state index contributed by atoms with van der Waals surface area (Å²) in [6, 6.07) is 14.4. The van der Waals surface area contributed by atoms with Gasteiger partial charge in [0, 0.05) is 16.8 Å². The standard InChI is InChI=1S/C17H12ClFN4O/c18-11-4-3-5-12(8-11)22-17(24)15-9-16(21-10-20-15)23-14-7-2-1-6-13(14)19/h1-10H,(H,22,24)(H,20,21,23). The number of hydrogen-bond donors (Lipinski definition) is 2. The zero-order valence-electron chi connectivity index (χ0n) is 12.3. The average molecular weight is 343 g/mol. The summed E-state index contributed by atoms with van der Waals surface area (Å²) in [5.41, 5.74) is 0.955. The number of aromatic nitrogens is 2. The molecule has 0 spiro atoms. The van der Waals surface area contributed by atoms with Gasteiger partial charge in [0.05, 0.1) is 5.69 Å². The van der Waals surface area contributed by atoms with Crippen molar-refractivity contribution < 1.29 is 9.18 Å². The van der Waals surface area contributed by atoms with Gasteiger partial charge in [0.1, 0.15) is 23.7 Å². The van der Waals surface area contributed by atoms with Crippen molar-refractivity contribution in [1.82, 2.24) is 9.97 Å². The molecule has 0 atom stereocenters. The molecule has 1 aromatic heterocycles. The minimum absolute atomic E-state index is 0.142. The van der Waals surface area contributed by atoms with E-state index < -0.39 is 11.7 Å². The van der Waals surface area contributed by atoms with Crippen molar-refractivity contribution in [3.63, 3.8) is 0 Å². The number of halogens is 2. The van der Waals surface area contributed by atoms with Gasteiger partial charge in [0.15, 0.2) is 0 Å². The molecule has 1 amide bonds. The molecular weight excluding hydrogens is 331 g/mol. The first-order chi connectivity index (χ1) is 11.6. The SMILES string of the molecule is O=C(Nc1cccc(Cl)c1)c1cc(Nc2ccccc2F)ncn1. The Bertz CT molecular complexity index is 888. The molecule has 2 N–H and O–H groups in total. The highest BCUT2D eigenvalue weighted by Gasteiger charge is 2.10. The van der Waals surface area contributed by atoms with Crippen molar-refractivity contribution >= 4 is 34.7 Å². The second-order valence-electron chi connectivity index (χ2n) is 4.86. The monoisotopic (exact) mass is 342 g/mol. The van der Waals surface area contributed by atoms with Gasteiger partial charge in [0.2, 0.25) is 0 Å². The minimum Gasteiger partial charge on any atom is -0.338 e. The summed E-state index contributed by atoms with van der Waals surface area (Å²) in [5.74, 6) is -0.524. The van der Waals surface area contributed by atoms with Crippen molar-refractivity contribution in [2.75, 3.05) is 10.6 Å². The van der Waals surface area contributed by atoms with Gasteiger partial charge >= 0.3 is 0 Å². The first-order valence-corrected chi connectivity index (χ1v) is 7.40. The third-order valence-corrected chi connectivity index (χ3v) is 3.35. The van der Waals surface area contributed by atoms with E-state index in [9.17, 15) is 9.18 Å². The molecular formula is C17H12ClFN4O. The lowest BCUT2D eigenvalue weighted by atomic mass is 10.3. The van der Waals surface area contributed by atoms with Gasteiger partial charge in [-0.05, 0) is 30.3 Å². The topological polar surface area (TPSA) is 66.9 Å². The third-order valence-electron chi connectivity index (χ3n) is 3.12. The number of anilines is 3. The second-order valence-corrected chi connectivity index (χ2v) is 5.29. The van der Waals surface area contributed by atoms with E-state index in [0.29, 0.717) is 16.5 Å². The summed E-state index contributed by atoms with van der Waals surface area (Å²) in [7, 11) is 0. The Labute approximate surface area is 142 Å². The number of nitrogens with zero attached hydrogens (tertiary/aromatic N) is 2. The van der Waals surface area contributed by atoms with E-state index >= 15 is 0 Å². The van der Waals surface area contributed by atoms with E-state index in [1.54, 1.807) is 42.5 Å². The molecule has 0 saturated heterocycles. The van der Waals surface area contributed by atoms with E-state index in [0.717, 1.165) is 0 Å². The molecule has 24 heavy (non-hydrogen) atoms. The molecule has 3 aromatic rings. The quantitative estimate of drug-likeness (QED) is 0.743. The predicted octanol–water partition coefficient (Wildman–Crippen LogP) is 4.27. The fraction of sp³-hybridized carbons (Fsp3) is 0. The van der Waals surface area contributed by atoms with Crippen molar-refractivity contribution in [2.24, 2.45) is 0 Å². The minimum atomic E-state index is -0.420. The van der Waals surface area contributed by atoms with E-state index in [1.807, 2.05) is 0 Å². The maximum atomic E-state index is 13.7. The van der Waals surface area contributed by atoms with E-state index in [4.69, 9.17) is 11.6 Å². The first kappa shape index (κ1) is 15.9. The van der Waals surface area contributed by atoms with Crippen LogP contribution in [-0.4, -0.2) is 15.9 Å². The van der Waals surface area contributed by atoms with Gasteiger partial charge < -0.3 is 10.6 Å². The molecule has 0 aliphatic rings. The number of carbonyl (C=O) groups is 1. The van der Waals surface area contributed by atoms with Gasteiger partial charge in [-0.2, -0.15) is 0 Å². The Morgan fingerprint density at radius 3 is 2.67 bits per heavy atom. The average Bonchev–Trinajstić information content (AvgIpc) is 2.57. The Balaban J connectivity index is 1.77. The van der Waals surface area contributed by atoms with Crippen LogP contribution in [0.15, 0.2) is 60.9 Å². The highest BCUT2D eigenvalue weighted by atomic mass is 35.5. The molecule has 7 heteroatoms. The van der Waals surface area contributed by atoms with Crippen LogP contribution >= 0.6 is 11.6 Å². The smallest absolute Gasteiger partial charge is 0.274 e. The van der Waals surface area contributed by atoms with Gasteiger partial charge in [-0.3, -0.25) is 4.79 Å². The van der Waals surface area contributed by atoms with Gasteiger partial charge in [-0.15, -0.1) is 0 Å². The second kappa shape index (κ2) is 7.06. The molecule has 0 aliphatic carbocycles. The number of carbonyl (C=O) groups excluding carboxylic acids is 1. The fourth-order valence-corrected chi connectivity index (χ4v) is 2.20. The van der Waals surface area contributed by atoms with Crippen LogP contribution in [-0.2, 0) is 0 Å². The highest BCUT2D eigenvalue weighted by molar-refractivity contribution is 6.30. The Morgan fingerprint density at radius 2 is 1.88 bits per heavy atom. The number of nitrogens with one attached hydrogen (secondary N) is 2. The van der Waals surface area contributed by atoms with Crippen LogP contribution in [0.5, 0.6) is 0 Å². The zero-order chi connectivity index (χ0) is 16.9. The summed E-state index contributed by atoms with van der Waals surface area (Å²) in [6.45, 7) is 0. The lowest BCUT2D eigenvalue weighted by Crippen LogP contribution is -2.14. The Kier molecular flexibility index (Phi) is 4.67. The number of amides is 1. The van der Waals surface area contributed by atoms with E-state index in [1.165, 1.54) is 18.5 Å². The maximum absolute atomic E-state index is 13.7. The Morgan fingerprint density at radius 1 is 1.04 bits per heavy atom. The van der Waals surface area contributed by atoms with Crippen LogP contribution in [0.2, 0.25) is 5.02 Å². The summed E-state index contributed by atoms with van der Waals surface area (Å²) >= 11 is 5.88. The summed E-state index contributed by atoms with van der Waals surface area (Å²) in [4.78, 5) is 20.2. The highest BCUT2D eigenvalue weighted by Crippen LogP contribution is 2.19. The summed E-state index contributed by atoms with van der Waals surface area (Å²) < 4.78 is 13.7. The third kappa shape index (κ3) is 3.85. The van der Waals surface area contributed by atoms with Crippen molar-refractivity contribution in [3.05, 3.63) is 77.5 Å². The number of para-hydroxylation sites is 1. The molecule has 3 rings (SSSR count). The molecule has 120 valence electrons. The Hall–Kier alpha value is -2.99. The van der Waals surface area contributed by atoms with Crippen LogP contribution < -0.4 is 10.6 Å². The van der Waals surface area contributed by atoms with Crippen molar-refractivity contribution in [3.8, 4) is 0 Å². The number of benzene rings is 2. The summed E-state index contributed by atoms with van der Waals surface area (Å²) in [5, 5.41) is 6.01. The molecule has 0 aliphatic heterocycles. The molecule has 0 fully saturated rings. The predicted molar refractivity (Wildman–Crippen MR) is 91.1 cm³/mol. The molecule has 1 heterocycles. The van der Waals surface area contributed by atoms with Crippen molar-refractivity contribution in [1.29, 1.82) is 0 Å². The van der Waals surface area contributed by atoms with Gasteiger partial charge in [-0.25, -0.2) is 14.4 Å². The molecule has 2 aromatic carbocycles. The van der Waals surface area contributed by atoms with Crippen LogP contribution in [0.4, 0.5) is 21.6 Å².